The van der Waals surface area contributed by atoms with Gasteiger partial charge in [0.15, 0.2) is 11.4 Å². The van der Waals surface area contributed by atoms with E-state index in [1.54, 1.807) is 7.11 Å². The van der Waals surface area contributed by atoms with Gasteiger partial charge in [0, 0.05) is 35.9 Å². The van der Waals surface area contributed by atoms with E-state index in [2.05, 4.69) is 22.1 Å². The summed E-state index contributed by atoms with van der Waals surface area (Å²) < 4.78 is 13.8. The molecule has 1 aliphatic heterocycles. The number of carbonyl (C=O) groups is 1. The molecular formula is C18H22BrN3O3. The maximum atomic E-state index is 12.2. The fourth-order valence-electron chi connectivity index (χ4n) is 3.80. The fraction of sp³-hybridized carbons (Fsp3) is 0.556. The SMILES string of the molecule is COc1cc(Br)cn2cc(C3C4CN(C(=O)OC(C)(C)C)CC43)nc12. The molecule has 2 aromatic heterocycles. The van der Waals surface area contributed by atoms with Crippen molar-refractivity contribution in [2.45, 2.75) is 32.3 Å². The molecule has 0 radical (unpaired) electrons. The number of halogens is 1. The zero-order valence-electron chi connectivity index (χ0n) is 14.8. The second-order valence-corrected chi connectivity index (χ2v) is 8.78. The van der Waals surface area contributed by atoms with E-state index in [1.165, 1.54) is 0 Å². The molecule has 1 aliphatic carbocycles. The van der Waals surface area contributed by atoms with Crippen LogP contribution in [-0.4, -0.2) is 46.2 Å². The van der Waals surface area contributed by atoms with Crippen LogP contribution in [-0.2, 0) is 4.74 Å². The molecule has 4 rings (SSSR count). The van der Waals surface area contributed by atoms with Crippen LogP contribution in [0.3, 0.4) is 0 Å². The predicted molar refractivity (Wildman–Crippen MR) is 97.0 cm³/mol. The van der Waals surface area contributed by atoms with Crippen LogP contribution in [0, 0.1) is 11.8 Å². The first-order valence-electron chi connectivity index (χ1n) is 8.47. The van der Waals surface area contributed by atoms with Crippen LogP contribution in [0.4, 0.5) is 4.79 Å². The first-order chi connectivity index (χ1) is 11.8. The van der Waals surface area contributed by atoms with Gasteiger partial charge in [-0.1, -0.05) is 0 Å². The van der Waals surface area contributed by atoms with Gasteiger partial charge in [0.2, 0.25) is 0 Å². The topological polar surface area (TPSA) is 56.1 Å². The Labute approximate surface area is 155 Å². The molecule has 2 aliphatic rings. The minimum atomic E-state index is -0.450. The van der Waals surface area contributed by atoms with Crippen molar-refractivity contribution >= 4 is 27.7 Å². The largest absolute Gasteiger partial charge is 0.493 e. The monoisotopic (exact) mass is 407 g/mol. The number of fused-ring (bicyclic) bond motifs is 2. The smallest absolute Gasteiger partial charge is 0.410 e. The van der Waals surface area contributed by atoms with Gasteiger partial charge in [-0.15, -0.1) is 0 Å². The average Bonchev–Trinajstić information content (AvgIpc) is 2.87. The number of hydrogen-bond donors (Lipinski definition) is 0. The molecule has 1 amide bonds. The normalized spacial score (nSPS) is 25.2. The predicted octanol–water partition coefficient (Wildman–Crippen LogP) is 3.69. The van der Waals surface area contributed by atoms with Crippen molar-refractivity contribution < 1.29 is 14.3 Å². The average molecular weight is 408 g/mol. The molecular weight excluding hydrogens is 386 g/mol. The van der Waals surface area contributed by atoms with Gasteiger partial charge in [0.1, 0.15) is 5.60 Å². The van der Waals surface area contributed by atoms with E-state index in [0.717, 1.165) is 34.7 Å². The summed E-state index contributed by atoms with van der Waals surface area (Å²) in [4.78, 5) is 18.8. The van der Waals surface area contributed by atoms with Gasteiger partial charge in [-0.3, -0.25) is 0 Å². The van der Waals surface area contributed by atoms with Crippen LogP contribution in [0.2, 0.25) is 0 Å². The van der Waals surface area contributed by atoms with E-state index in [1.807, 2.05) is 42.3 Å². The zero-order chi connectivity index (χ0) is 17.9. The lowest BCUT2D eigenvalue weighted by Gasteiger charge is -2.25. The highest BCUT2D eigenvalue weighted by atomic mass is 79.9. The Morgan fingerprint density at radius 3 is 2.56 bits per heavy atom. The fourth-order valence-corrected chi connectivity index (χ4v) is 4.23. The van der Waals surface area contributed by atoms with Crippen molar-refractivity contribution in [2.24, 2.45) is 11.8 Å². The Kier molecular flexibility index (Phi) is 3.76. The molecule has 6 nitrogen and oxygen atoms in total. The number of hydrogen-bond acceptors (Lipinski definition) is 4. The summed E-state index contributed by atoms with van der Waals surface area (Å²) in [5, 5.41) is 0. The van der Waals surface area contributed by atoms with Crippen LogP contribution >= 0.6 is 15.9 Å². The molecule has 2 unspecified atom stereocenters. The lowest BCUT2D eigenvalue weighted by Crippen LogP contribution is -2.36. The minimum absolute atomic E-state index is 0.209. The maximum Gasteiger partial charge on any atom is 0.410 e. The third kappa shape index (κ3) is 2.99. The van der Waals surface area contributed by atoms with Crippen molar-refractivity contribution in [3.63, 3.8) is 0 Å². The number of carbonyl (C=O) groups excluding carboxylic acids is 1. The Bertz CT molecular complexity index is 830. The number of ether oxygens (including phenoxy) is 2. The van der Waals surface area contributed by atoms with Crippen LogP contribution in [0.25, 0.3) is 5.65 Å². The number of nitrogens with zero attached hydrogens (tertiary/aromatic N) is 3. The Balaban J connectivity index is 1.49. The Hall–Kier alpha value is -1.76. The van der Waals surface area contributed by atoms with Crippen molar-refractivity contribution in [1.82, 2.24) is 14.3 Å². The van der Waals surface area contributed by atoms with Crippen LogP contribution in [0.5, 0.6) is 5.75 Å². The molecule has 0 N–H and O–H groups in total. The van der Waals surface area contributed by atoms with E-state index in [9.17, 15) is 4.79 Å². The number of aromatic nitrogens is 2. The summed E-state index contributed by atoms with van der Waals surface area (Å²) in [7, 11) is 1.65. The van der Waals surface area contributed by atoms with Gasteiger partial charge in [-0.2, -0.15) is 0 Å². The zero-order valence-corrected chi connectivity index (χ0v) is 16.4. The standard InChI is InChI=1S/C18H22BrN3O3/c1-18(2,3)25-17(23)22-7-11-12(8-22)15(11)13-9-21-6-10(19)5-14(24-4)16(21)20-13/h5-6,9,11-12,15H,7-8H2,1-4H3. The molecule has 0 aromatic carbocycles. The first kappa shape index (κ1) is 16.7. The van der Waals surface area contributed by atoms with Gasteiger partial charge in [-0.25, -0.2) is 9.78 Å². The number of pyridine rings is 1. The second-order valence-electron chi connectivity index (χ2n) is 7.86. The Morgan fingerprint density at radius 1 is 1.28 bits per heavy atom. The molecule has 0 spiro atoms. The van der Waals surface area contributed by atoms with Gasteiger partial charge in [0.25, 0.3) is 0 Å². The van der Waals surface area contributed by atoms with E-state index >= 15 is 0 Å². The molecule has 2 aromatic rings. The van der Waals surface area contributed by atoms with E-state index < -0.39 is 5.60 Å². The summed E-state index contributed by atoms with van der Waals surface area (Å²) in [5.41, 5.74) is 1.46. The van der Waals surface area contributed by atoms with Crippen molar-refractivity contribution in [3.8, 4) is 5.75 Å². The van der Waals surface area contributed by atoms with Gasteiger partial charge in [-0.05, 0) is 54.6 Å². The lowest BCUT2D eigenvalue weighted by atomic mass is 10.2. The molecule has 25 heavy (non-hydrogen) atoms. The number of likely N-dealkylation sites (tertiary alicyclic amines) is 1. The lowest BCUT2D eigenvalue weighted by molar-refractivity contribution is 0.0271. The number of amides is 1. The molecule has 3 heterocycles. The third-order valence-corrected chi connectivity index (χ3v) is 5.34. The summed E-state index contributed by atoms with van der Waals surface area (Å²) in [5.74, 6) is 2.13. The van der Waals surface area contributed by atoms with Crippen molar-refractivity contribution in [1.29, 1.82) is 0 Å². The highest BCUT2D eigenvalue weighted by Gasteiger charge is 2.58. The number of rotatable bonds is 2. The van der Waals surface area contributed by atoms with E-state index in [-0.39, 0.29) is 6.09 Å². The van der Waals surface area contributed by atoms with Gasteiger partial charge in [0.05, 0.1) is 12.8 Å². The Morgan fingerprint density at radius 2 is 1.96 bits per heavy atom. The maximum absolute atomic E-state index is 12.2. The molecule has 0 bridgehead atoms. The number of methoxy groups -OCH3 is 1. The van der Waals surface area contributed by atoms with Gasteiger partial charge >= 0.3 is 6.09 Å². The van der Waals surface area contributed by atoms with E-state index in [4.69, 9.17) is 14.5 Å². The van der Waals surface area contributed by atoms with Gasteiger partial charge < -0.3 is 18.8 Å². The van der Waals surface area contributed by atoms with Crippen molar-refractivity contribution in [3.05, 3.63) is 28.6 Å². The highest BCUT2D eigenvalue weighted by molar-refractivity contribution is 9.10. The molecule has 1 saturated carbocycles. The minimum Gasteiger partial charge on any atom is -0.493 e. The highest BCUT2D eigenvalue weighted by Crippen LogP contribution is 2.58. The summed E-state index contributed by atoms with van der Waals surface area (Å²) in [6.07, 6.45) is 3.85. The molecule has 2 atom stereocenters. The molecule has 7 heteroatoms. The van der Waals surface area contributed by atoms with Crippen molar-refractivity contribution in [2.75, 3.05) is 20.2 Å². The third-order valence-electron chi connectivity index (χ3n) is 4.91. The van der Waals surface area contributed by atoms with Crippen LogP contribution in [0.1, 0.15) is 32.4 Å². The first-order valence-corrected chi connectivity index (χ1v) is 9.26. The number of piperidine rings is 1. The molecule has 134 valence electrons. The quantitative estimate of drug-likeness (QED) is 0.761. The second kappa shape index (κ2) is 5.62. The van der Waals surface area contributed by atoms with Crippen LogP contribution < -0.4 is 4.74 Å². The summed E-state index contributed by atoms with van der Waals surface area (Å²) >= 11 is 3.50. The summed E-state index contributed by atoms with van der Waals surface area (Å²) in [6.45, 7) is 7.18. The molecule has 2 fully saturated rings. The van der Waals surface area contributed by atoms with E-state index in [0.29, 0.717) is 17.8 Å². The summed E-state index contributed by atoms with van der Waals surface area (Å²) in [6, 6.07) is 1.92. The molecule has 1 saturated heterocycles. The van der Waals surface area contributed by atoms with Crippen LogP contribution in [0.15, 0.2) is 22.9 Å². The number of imidazole rings is 1.